The summed E-state index contributed by atoms with van der Waals surface area (Å²) >= 11 is 12.2. The van der Waals surface area contributed by atoms with Gasteiger partial charge in [-0.05, 0) is 65.9 Å². The fourth-order valence-electron chi connectivity index (χ4n) is 4.41. The molecule has 1 aromatic heterocycles. The summed E-state index contributed by atoms with van der Waals surface area (Å²) in [6.07, 6.45) is 3.39. The van der Waals surface area contributed by atoms with Crippen LogP contribution in [0.4, 0.5) is 0 Å². The molecule has 1 N–H and O–H groups in total. The first-order valence-electron chi connectivity index (χ1n) is 11.0. The van der Waals surface area contributed by atoms with Gasteiger partial charge in [-0.1, -0.05) is 53.5 Å². The molecular weight excluding hydrogens is 485 g/mol. The molecule has 0 unspecified atom stereocenters. The molecule has 0 saturated heterocycles. The van der Waals surface area contributed by atoms with Gasteiger partial charge in [0.1, 0.15) is 6.61 Å². The van der Waals surface area contributed by atoms with E-state index in [-0.39, 0.29) is 6.61 Å². The second kappa shape index (κ2) is 9.61. The summed E-state index contributed by atoms with van der Waals surface area (Å²) in [5.41, 5.74) is 5.28. The summed E-state index contributed by atoms with van der Waals surface area (Å²) in [5.74, 6) is 0.246. The van der Waals surface area contributed by atoms with Crippen molar-refractivity contribution in [2.24, 2.45) is 0 Å². The number of carboxylic acids is 1. The Balaban J connectivity index is 1.46. The number of allylic oxidation sites excluding steroid dienone is 1. The van der Waals surface area contributed by atoms with Gasteiger partial charge < -0.3 is 14.6 Å². The van der Waals surface area contributed by atoms with Crippen LogP contribution in [0.25, 0.3) is 22.6 Å². The number of hydrogen-bond donors (Lipinski definition) is 1. The lowest BCUT2D eigenvalue weighted by Gasteiger charge is -2.13. The van der Waals surface area contributed by atoms with Crippen molar-refractivity contribution in [2.45, 2.75) is 19.4 Å². The Kier molecular flexibility index (Phi) is 6.37. The van der Waals surface area contributed by atoms with Crippen molar-refractivity contribution in [1.29, 1.82) is 0 Å². The molecule has 0 fully saturated rings. The van der Waals surface area contributed by atoms with E-state index < -0.39 is 5.97 Å². The number of pyridine rings is 1. The average Bonchev–Trinajstić information content (AvgIpc) is 3.24. The third kappa shape index (κ3) is 4.57. The zero-order valence-electron chi connectivity index (χ0n) is 18.8. The molecular formula is C28H21Cl2NO4. The van der Waals surface area contributed by atoms with Gasteiger partial charge in [0.2, 0.25) is 0 Å². The van der Waals surface area contributed by atoms with Crippen molar-refractivity contribution in [3.8, 4) is 11.5 Å². The lowest BCUT2D eigenvalue weighted by Crippen LogP contribution is -2.05. The van der Waals surface area contributed by atoms with E-state index >= 15 is 0 Å². The van der Waals surface area contributed by atoms with Gasteiger partial charge in [-0.3, -0.25) is 0 Å². The van der Waals surface area contributed by atoms with Crippen LogP contribution in [0.3, 0.4) is 0 Å². The van der Waals surface area contributed by atoms with Gasteiger partial charge in [-0.25, -0.2) is 9.78 Å². The maximum Gasteiger partial charge on any atom is 0.336 e. The number of methoxy groups -OCH3 is 1. The maximum absolute atomic E-state index is 12.1. The number of ether oxygens (including phenoxy) is 2. The first-order chi connectivity index (χ1) is 16.9. The van der Waals surface area contributed by atoms with E-state index in [0.717, 1.165) is 28.0 Å². The Labute approximate surface area is 212 Å². The summed E-state index contributed by atoms with van der Waals surface area (Å²) < 4.78 is 11.5. The first-order valence-corrected chi connectivity index (χ1v) is 11.8. The normalized spacial score (nSPS) is 13.7. The molecule has 35 heavy (non-hydrogen) atoms. The first kappa shape index (κ1) is 23.2. The van der Waals surface area contributed by atoms with Crippen LogP contribution in [0.1, 0.15) is 39.2 Å². The number of benzene rings is 3. The molecule has 7 heteroatoms. The molecule has 3 aromatic carbocycles. The largest absolute Gasteiger partial charge is 0.493 e. The number of para-hydroxylation sites is 1. The van der Waals surface area contributed by atoms with Crippen molar-refractivity contribution >= 4 is 51.7 Å². The Bertz CT molecular complexity index is 1500. The number of carboxylic acid groups (broad SMARTS) is 1. The van der Waals surface area contributed by atoms with Gasteiger partial charge in [0, 0.05) is 21.0 Å². The molecule has 0 spiro atoms. The fourth-order valence-corrected chi connectivity index (χ4v) is 4.88. The molecule has 0 aliphatic heterocycles. The smallest absolute Gasteiger partial charge is 0.336 e. The number of rotatable bonds is 6. The Morgan fingerprint density at radius 1 is 1.06 bits per heavy atom. The molecule has 0 bridgehead atoms. The second-order valence-electron chi connectivity index (χ2n) is 8.24. The molecule has 4 aromatic rings. The van der Waals surface area contributed by atoms with Gasteiger partial charge in [0.05, 0.1) is 23.9 Å². The van der Waals surface area contributed by atoms with Gasteiger partial charge >= 0.3 is 5.97 Å². The standard InChI is InChI=1S/C28H21Cl2NO4/c1-34-25-13-16(6-11-24(25)35-15-18-7-9-19(29)14-22(18)30)12-17-8-10-21-26(28(32)33)20-4-2-3-5-23(20)31-27(17)21/h2-7,9,11-14H,8,10,15H2,1H3,(H,32,33). The Morgan fingerprint density at radius 3 is 2.66 bits per heavy atom. The van der Waals surface area contributed by atoms with E-state index in [1.165, 1.54) is 0 Å². The molecule has 1 aliphatic rings. The number of carbonyl (C=O) groups is 1. The molecule has 0 amide bonds. The lowest BCUT2D eigenvalue weighted by atomic mass is 10.0. The topological polar surface area (TPSA) is 68.7 Å². The van der Waals surface area contributed by atoms with Gasteiger partial charge in [-0.15, -0.1) is 0 Å². The number of hydrogen-bond acceptors (Lipinski definition) is 4. The van der Waals surface area contributed by atoms with E-state index in [1.54, 1.807) is 19.2 Å². The van der Waals surface area contributed by atoms with Crippen LogP contribution in [0, 0.1) is 0 Å². The Morgan fingerprint density at radius 2 is 1.89 bits per heavy atom. The summed E-state index contributed by atoms with van der Waals surface area (Å²) in [7, 11) is 1.59. The summed E-state index contributed by atoms with van der Waals surface area (Å²) in [5, 5.41) is 11.7. The monoisotopic (exact) mass is 505 g/mol. The molecule has 1 aliphatic carbocycles. The average molecular weight is 506 g/mol. The highest BCUT2D eigenvalue weighted by molar-refractivity contribution is 6.35. The quantitative estimate of drug-likeness (QED) is 0.297. The van der Waals surface area contributed by atoms with Gasteiger partial charge in [-0.2, -0.15) is 0 Å². The maximum atomic E-state index is 12.1. The minimum Gasteiger partial charge on any atom is -0.493 e. The number of aromatic nitrogens is 1. The Hall–Kier alpha value is -3.54. The molecule has 5 rings (SSSR count). The predicted molar refractivity (Wildman–Crippen MR) is 139 cm³/mol. The fraction of sp³-hybridized carbons (Fsp3) is 0.143. The van der Waals surface area contributed by atoms with Crippen LogP contribution in [0.2, 0.25) is 10.0 Å². The van der Waals surface area contributed by atoms with E-state index in [2.05, 4.69) is 0 Å². The minimum atomic E-state index is -0.926. The molecule has 0 radical (unpaired) electrons. The summed E-state index contributed by atoms with van der Waals surface area (Å²) in [6, 6.07) is 18.3. The van der Waals surface area contributed by atoms with Crippen molar-refractivity contribution in [2.75, 3.05) is 7.11 Å². The van der Waals surface area contributed by atoms with Crippen LogP contribution in [-0.2, 0) is 13.0 Å². The molecule has 0 saturated carbocycles. The number of aromatic carboxylic acids is 1. The minimum absolute atomic E-state index is 0.273. The highest BCUT2D eigenvalue weighted by atomic mass is 35.5. The zero-order chi connectivity index (χ0) is 24.5. The number of nitrogens with zero attached hydrogens (tertiary/aromatic N) is 1. The van der Waals surface area contributed by atoms with Gasteiger partial charge in [0.25, 0.3) is 0 Å². The third-order valence-corrected chi connectivity index (χ3v) is 6.67. The van der Waals surface area contributed by atoms with Crippen LogP contribution in [0.5, 0.6) is 11.5 Å². The van der Waals surface area contributed by atoms with Gasteiger partial charge in [0.15, 0.2) is 11.5 Å². The van der Waals surface area contributed by atoms with E-state index in [4.69, 9.17) is 37.7 Å². The van der Waals surface area contributed by atoms with Crippen LogP contribution in [0.15, 0.2) is 60.7 Å². The highest BCUT2D eigenvalue weighted by Crippen LogP contribution is 2.38. The van der Waals surface area contributed by atoms with Crippen LogP contribution >= 0.6 is 23.2 Å². The lowest BCUT2D eigenvalue weighted by molar-refractivity contribution is 0.0698. The zero-order valence-corrected chi connectivity index (χ0v) is 20.4. The highest BCUT2D eigenvalue weighted by Gasteiger charge is 2.26. The molecule has 5 nitrogen and oxygen atoms in total. The van der Waals surface area contributed by atoms with Crippen LogP contribution < -0.4 is 9.47 Å². The SMILES string of the molecule is COc1cc(C=C2CCc3c2nc2ccccc2c3C(=O)O)ccc1OCc1ccc(Cl)cc1Cl. The predicted octanol–water partition coefficient (Wildman–Crippen LogP) is 7.31. The third-order valence-electron chi connectivity index (χ3n) is 6.08. The molecule has 0 atom stereocenters. The van der Waals surface area contributed by atoms with Crippen LogP contribution in [-0.4, -0.2) is 23.2 Å². The summed E-state index contributed by atoms with van der Waals surface area (Å²) in [4.78, 5) is 16.9. The van der Waals surface area contributed by atoms with Crippen molar-refractivity contribution in [1.82, 2.24) is 4.98 Å². The van der Waals surface area contributed by atoms with Crippen molar-refractivity contribution < 1.29 is 19.4 Å². The molecule has 1 heterocycles. The second-order valence-corrected chi connectivity index (χ2v) is 9.08. The number of halogens is 2. The number of fused-ring (bicyclic) bond motifs is 2. The molecule has 176 valence electrons. The van der Waals surface area contributed by atoms with E-state index in [1.807, 2.05) is 54.6 Å². The van der Waals surface area contributed by atoms with Crippen molar-refractivity contribution in [3.63, 3.8) is 0 Å². The summed E-state index contributed by atoms with van der Waals surface area (Å²) in [6.45, 7) is 0.273. The van der Waals surface area contributed by atoms with E-state index in [0.29, 0.717) is 50.9 Å². The van der Waals surface area contributed by atoms with E-state index in [9.17, 15) is 9.90 Å². The van der Waals surface area contributed by atoms with Crippen molar-refractivity contribution in [3.05, 3.63) is 98.7 Å².